The Hall–Kier alpha value is -1.54. The summed E-state index contributed by atoms with van der Waals surface area (Å²) in [5, 5.41) is 13.6. The number of nitrogens with one attached hydrogen (secondary N) is 1. The van der Waals surface area contributed by atoms with Gasteiger partial charge in [0.25, 0.3) is 11.9 Å². The van der Waals surface area contributed by atoms with Crippen molar-refractivity contribution in [3.8, 4) is 0 Å². The lowest BCUT2D eigenvalue weighted by atomic mass is 10.2. The SMILES string of the molecule is Cn1nnc(NC(=O)C2CCC(CN)O2)n1. The van der Waals surface area contributed by atoms with Gasteiger partial charge in [0.05, 0.1) is 13.2 Å². The van der Waals surface area contributed by atoms with E-state index in [1.807, 2.05) is 0 Å². The zero-order chi connectivity index (χ0) is 11.5. The number of carbonyl (C=O) groups is 1. The summed E-state index contributed by atoms with van der Waals surface area (Å²) < 4.78 is 5.43. The molecule has 1 aromatic rings. The fraction of sp³-hybridized carbons (Fsp3) is 0.750. The minimum Gasteiger partial charge on any atom is -0.364 e. The van der Waals surface area contributed by atoms with Crippen molar-refractivity contribution in [1.29, 1.82) is 0 Å². The van der Waals surface area contributed by atoms with Crippen LogP contribution in [0.4, 0.5) is 5.95 Å². The van der Waals surface area contributed by atoms with Gasteiger partial charge in [-0.15, -0.1) is 5.10 Å². The number of rotatable bonds is 3. The van der Waals surface area contributed by atoms with Crippen molar-refractivity contribution in [2.24, 2.45) is 12.8 Å². The molecule has 2 unspecified atom stereocenters. The number of ether oxygens (including phenoxy) is 1. The maximum Gasteiger partial charge on any atom is 0.270 e. The third-order valence-electron chi connectivity index (χ3n) is 2.41. The summed E-state index contributed by atoms with van der Waals surface area (Å²) in [4.78, 5) is 13.0. The van der Waals surface area contributed by atoms with Gasteiger partial charge in [-0.2, -0.15) is 4.80 Å². The van der Waals surface area contributed by atoms with E-state index < -0.39 is 6.10 Å². The average molecular weight is 226 g/mol. The van der Waals surface area contributed by atoms with Crippen LogP contribution < -0.4 is 11.1 Å². The molecule has 1 fully saturated rings. The number of tetrazole rings is 1. The topological polar surface area (TPSA) is 108 Å². The Labute approximate surface area is 92.1 Å². The number of hydrogen-bond donors (Lipinski definition) is 2. The highest BCUT2D eigenvalue weighted by Crippen LogP contribution is 2.19. The third-order valence-corrected chi connectivity index (χ3v) is 2.41. The molecule has 0 saturated carbocycles. The second-order valence-electron chi connectivity index (χ2n) is 3.65. The lowest BCUT2D eigenvalue weighted by Gasteiger charge is -2.10. The van der Waals surface area contributed by atoms with E-state index in [9.17, 15) is 4.79 Å². The molecule has 1 aliphatic heterocycles. The summed E-state index contributed by atoms with van der Waals surface area (Å²) in [6.07, 6.45) is 0.999. The number of nitrogens with two attached hydrogens (primary N) is 1. The maximum absolute atomic E-state index is 11.7. The third kappa shape index (κ3) is 2.34. The number of nitrogens with zero attached hydrogens (tertiary/aromatic N) is 4. The molecule has 0 aromatic carbocycles. The molecule has 2 atom stereocenters. The van der Waals surface area contributed by atoms with Gasteiger partial charge in [-0.1, -0.05) is 5.10 Å². The van der Waals surface area contributed by atoms with Crippen LogP contribution in [0.15, 0.2) is 0 Å². The van der Waals surface area contributed by atoms with Crippen molar-refractivity contribution in [2.75, 3.05) is 11.9 Å². The van der Waals surface area contributed by atoms with Crippen LogP contribution in [0.5, 0.6) is 0 Å². The summed E-state index contributed by atoms with van der Waals surface area (Å²) in [6.45, 7) is 0.438. The highest BCUT2D eigenvalue weighted by Gasteiger charge is 2.30. The minimum absolute atomic E-state index is 0.0226. The fourth-order valence-electron chi connectivity index (χ4n) is 1.60. The van der Waals surface area contributed by atoms with Crippen LogP contribution >= 0.6 is 0 Å². The quantitative estimate of drug-likeness (QED) is 0.660. The molecule has 0 aliphatic carbocycles. The fourth-order valence-corrected chi connectivity index (χ4v) is 1.60. The van der Waals surface area contributed by atoms with E-state index in [2.05, 4.69) is 20.7 Å². The molecule has 0 bridgehead atoms. The van der Waals surface area contributed by atoms with Crippen LogP contribution in [0.25, 0.3) is 0 Å². The summed E-state index contributed by atoms with van der Waals surface area (Å²) >= 11 is 0. The molecule has 3 N–H and O–H groups in total. The Balaban J connectivity index is 1.89. The highest BCUT2D eigenvalue weighted by atomic mass is 16.5. The Bertz CT molecular complexity index is 378. The van der Waals surface area contributed by atoms with Crippen LogP contribution in [0.2, 0.25) is 0 Å². The first kappa shape index (κ1) is 11.0. The molecule has 16 heavy (non-hydrogen) atoms. The summed E-state index contributed by atoms with van der Waals surface area (Å²) in [5.74, 6) is -0.0590. The smallest absolute Gasteiger partial charge is 0.270 e. The monoisotopic (exact) mass is 226 g/mol. The van der Waals surface area contributed by atoms with Crippen LogP contribution in [-0.2, 0) is 16.6 Å². The molecule has 88 valence electrons. The molecule has 1 amide bonds. The summed E-state index contributed by atoms with van der Waals surface area (Å²) in [5.41, 5.74) is 5.46. The van der Waals surface area contributed by atoms with Gasteiger partial charge in [0.2, 0.25) is 0 Å². The van der Waals surface area contributed by atoms with Gasteiger partial charge in [0, 0.05) is 6.54 Å². The Morgan fingerprint density at radius 1 is 1.69 bits per heavy atom. The first-order valence-corrected chi connectivity index (χ1v) is 5.09. The lowest BCUT2D eigenvalue weighted by Crippen LogP contribution is -2.30. The Morgan fingerprint density at radius 2 is 2.50 bits per heavy atom. The van der Waals surface area contributed by atoms with Gasteiger partial charge in [-0.3, -0.25) is 10.1 Å². The Morgan fingerprint density at radius 3 is 3.06 bits per heavy atom. The normalized spacial score (nSPS) is 24.6. The zero-order valence-corrected chi connectivity index (χ0v) is 8.96. The van der Waals surface area contributed by atoms with Crippen LogP contribution in [0, 0.1) is 0 Å². The second-order valence-corrected chi connectivity index (χ2v) is 3.65. The molecule has 0 radical (unpaired) electrons. The first-order valence-electron chi connectivity index (χ1n) is 5.09. The van der Waals surface area contributed by atoms with Crippen molar-refractivity contribution in [2.45, 2.75) is 25.0 Å². The molecule has 1 aliphatic rings. The van der Waals surface area contributed by atoms with Gasteiger partial charge in [0.15, 0.2) is 0 Å². The van der Waals surface area contributed by atoms with E-state index >= 15 is 0 Å². The first-order chi connectivity index (χ1) is 7.69. The number of carbonyl (C=O) groups excluding carboxylic acids is 1. The summed E-state index contributed by atoms with van der Waals surface area (Å²) in [7, 11) is 1.62. The predicted octanol–water partition coefficient (Wildman–Crippen LogP) is -1.35. The standard InChI is InChI=1S/C8H14N6O2/c1-14-12-8(11-13-14)10-7(15)6-3-2-5(4-9)16-6/h5-6H,2-4,9H2,1H3,(H,10,12,15). The van der Waals surface area contributed by atoms with E-state index in [0.29, 0.717) is 13.0 Å². The number of aryl methyl sites for hydroxylation is 1. The van der Waals surface area contributed by atoms with Crippen molar-refractivity contribution in [1.82, 2.24) is 20.2 Å². The molecular formula is C8H14N6O2. The predicted molar refractivity (Wildman–Crippen MR) is 54.4 cm³/mol. The lowest BCUT2D eigenvalue weighted by molar-refractivity contribution is -0.126. The largest absolute Gasteiger partial charge is 0.364 e. The number of aromatic nitrogens is 4. The second kappa shape index (κ2) is 4.54. The minimum atomic E-state index is -0.461. The molecule has 2 rings (SSSR count). The van der Waals surface area contributed by atoms with E-state index in [0.717, 1.165) is 6.42 Å². The molecule has 2 heterocycles. The van der Waals surface area contributed by atoms with Gasteiger partial charge in [-0.05, 0) is 18.1 Å². The molecule has 8 heteroatoms. The van der Waals surface area contributed by atoms with Crippen molar-refractivity contribution < 1.29 is 9.53 Å². The van der Waals surface area contributed by atoms with Gasteiger partial charge in [-0.25, -0.2) is 0 Å². The van der Waals surface area contributed by atoms with E-state index in [1.165, 1.54) is 4.80 Å². The summed E-state index contributed by atoms with van der Waals surface area (Å²) in [6, 6.07) is 0. The number of amides is 1. The molecule has 1 saturated heterocycles. The maximum atomic E-state index is 11.7. The average Bonchev–Trinajstić information content (AvgIpc) is 2.87. The number of hydrogen-bond acceptors (Lipinski definition) is 6. The van der Waals surface area contributed by atoms with E-state index in [1.54, 1.807) is 7.05 Å². The van der Waals surface area contributed by atoms with Gasteiger partial charge in [0.1, 0.15) is 6.10 Å². The van der Waals surface area contributed by atoms with Crippen molar-refractivity contribution >= 4 is 11.9 Å². The molecule has 1 aromatic heterocycles. The zero-order valence-electron chi connectivity index (χ0n) is 8.96. The van der Waals surface area contributed by atoms with Crippen molar-refractivity contribution in [3.05, 3.63) is 0 Å². The van der Waals surface area contributed by atoms with Gasteiger partial charge < -0.3 is 10.5 Å². The molecule has 8 nitrogen and oxygen atoms in total. The molecular weight excluding hydrogens is 212 g/mol. The van der Waals surface area contributed by atoms with Crippen molar-refractivity contribution in [3.63, 3.8) is 0 Å². The van der Waals surface area contributed by atoms with Gasteiger partial charge >= 0.3 is 0 Å². The Kier molecular flexibility index (Phi) is 3.11. The molecule has 0 spiro atoms. The van der Waals surface area contributed by atoms with E-state index in [-0.39, 0.29) is 18.0 Å². The number of anilines is 1. The van der Waals surface area contributed by atoms with Crippen LogP contribution in [0.3, 0.4) is 0 Å². The van der Waals surface area contributed by atoms with E-state index in [4.69, 9.17) is 10.5 Å². The van der Waals surface area contributed by atoms with Crippen LogP contribution in [-0.4, -0.2) is 44.9 Å². The van der Waals surface area contributed by atoms with Crippen LogP contribution in [0.1, 0.15) is 12.8 Å². The highest BCUT2D eigenvalue weighted by molar-refractivity contribution is 5.92.